The van der Waals surface area contributed by atoms with Crippen LogP contribution >= 0.6 is 22.9 Å². The van der Waals surface area contributed by atoms with Crippen molar-refractivity contribution in [2.24, 2.45) is 5.92 Å². The van der Waals surface area contributed by atoms with Crippen LogP contribution in [-0.2, 0) is 17.9 Å². The summed E-state index contributed by atoms with van der Waals surface area (Å²) in [6, 6.07) is 6.54. The van der Waals surface area contributed by atoms with Crippen LogP contribution < -0.4 is 21.3 Å². The van der Waals surface area contributed by atoms with Crippen LogP contribution in [0.4, 0.5) is 5.69 Å². The van der Waals surface area contributed by atoms with E-state index >= 15 is 0 Å². The Balaban J connectivity index is 1.99. The Morgan fingerprint density at radius 1 is 1.25 bits per heavy atom. The van der Waals surface area contributed by atoms with E-state index in [9.17, 15) is 14.4 Å². The van der Waals surface area contributed by atoms with E-state index in [0.29, 0.717) is 26.7 Å². The summed E-state index contributed by atoms with van der Waals surface area (Å²) in [6.07, 6.45) is 0. The number of amides is 1. The lowest BCUT2D eigenvalue weighted by Crippen LogP contribution is -2.42. The number of halogens is 1. The minimum Gasteiger partial charge on any atom is -0.495 e. The lowest BCUT2D eigenvalue weighted by atomic mass is 10.2. The number of methoxy groups -OCH3 is 1. The number of fused-ring (bicyclic) bond motifs is 1. The van der Waals surface area contributed by atoms with Gasteiger partial charge >= 0.3 is 5.69 Å². The number of hydrogen-bond donors (Lipinski definition) is 1. The Kier molecular flexibility index (Phi) is 5.90. The molecule has 0 atom stereocenters. The predicted octanol–water partition coefficient (Wildman–Crippen LogP) is 3.18. The first-order valence-electron chi connectivity index (χ1n) is 8.66. The highest BCUT2D eigenvalue weighted by Crippen LogP contribution is 2.27. The maximum absolute atomic E-state index is 12.9. The number of aromatic nitrogens is 2. The highest BCUT2D eigenvalue weighted by Gasteiger charge is 2.18. The van der Waals surface area contributed by atoms with Gasteiger partial charge in [-0.25, -0.2) is 4.79 Å². The maximum Gasteiger partial charge on any atom is 0.332 e. The summed E-state index contributed by atoms with van der Waals surface area (Å²) >= 11 is 7.25. The number of rotatable bonds is 6. The van der Waals surface area contributed by atoms with Gasteiger partial charge in [-0.05, 0) is 35.6 Å². The fraction of sp³-hybridized carbons (Fsp3) is 0.316. The molecule has 1 amide bonds. The van der Waals surface area contributed by atoms with Crippen molar-refractivity contribution in [2.75, 3.05) is 12.4 Å². The smallest absolute Gasteiger partial charge is 0.332 e. The lowest BCUT2D eigenvalue weighted by molar-refractivity contribution is -0.116. The zero-order valence-electron chi connectivity index (χ0n) is 15.7. The van der Waals surface area contributed by atoms with E-state index in [0.717, 1.165) is 0 Å². The largest absolute Gasteiger partial charge is 0.495 e. The van der Waals surface area contributed by atoms with E-state index in [4.69, 9.17) is 16.3 Å². The third-order valence-electron chi connectivity index (χ3n) is 4.12. The number of hydrogen-bond acceptors (Lipinski definition) is 5. The van der Waals surface area contributed by atoms with Crippen LogP contribution in [0.1, 0.15) is 13.8 Å². The molecule has 0 aliphatic heterocycles. The van der Waals surface area contributed by atoms with Crippen molar-refractivity contribution in [3.05, 3.63) is 55.5 Å². The molecule has 0 saturated carbocycles. The molecule has 0 fully saturated rings. The average molecular weight is 422 g/mol. The van der Waals surface area contributed by atoms with Crippen LogP contribution in [-0.4, -0.2) is 22.2 Å². The average Bonchev–Trinajstić information content (AvgIpc) is 3.12. The maximum atomic E-state index is 12.9. The zero-order valence-corrected chi connectivity index (χ0v) is 17.3. The molecule has 1 N–H and O–H groups in total. The monoisotopic (exact) mass is 421 g/mol. The van der Waals surface area contributed by atoms with Gasteiger partial charge in [0.25, 0.3) is 5.56 Å². The Labute approximate surface area is 170 Å². The SMILES string of the molecule is COc1ccc(Cl)cc1NC(=O)Cn1c(=O)n(CC(C)C)c(=O)c2sccc21. The molecule has 0 aliphatic rings. The van der Waals surface area contributed by atoms with E-state index in [1.165, 1.54) is 27.6 Å². The summed E-state index contributed by atoms with van der Waals surface area (Å²) in [5.41, 5.74) is 0.0352. The second-order valence-electron chi connectivity index (χ2n) is 6.71. The molecule has 0 saturated heterocycles. The third kappa shape index (κ3) is 3.98. The molecular formula is C19H20ClN3O4S. The molecule has 3 rings (SSSR count). The Bertz CT molecular complexity index is 1150. The molecule has 0 bridgehead atoms. The highest BCUT2D eigenvalue weighted by molar-refractivity contribution is 7.17. The molecule has 9 heteroatoms. The summed E-state index contributed by atoms with van der Waals surface area (Å²) < 4.78 is 8.19. The van der Waals surface area contributed by atoms with Gasteiger partial charge in [-0.2, -0.15) is 0 Å². The van der Waals surface area contributed by atoms with Gasteiger partial charge in [0, 0.05) is 11.6 Å². The first-order valence-corrected chi connectivity index (χ1v) is 9.91. The molecule has 0 radical (unpaired) electrons. The summed E-state index contributed by atoms with van der Waals surface area (Å²) in [4.78, 5) is 38.2. The number of thiophene rings is 1. The topological polar surface area (TPSA) is 82.3 Å². The molecule has 3 aromatic rings. The Hall–Kier alpha value is -2.58. The number of nitrogens with one attached hydrogen (secondary N) is 1. The van der Waals surface area contributed by atoms with E-state index in [1.54, 1.807) is 29.6 Å². The van der Waals surface area contributed by atoms with Crippen LogP contribution in [0.15, 0.2) is 39.2 Å². The van der Waals surface area contributed by atoms with E-state index in [-0.39, 0.29) is 24.6 Å². The van der Waals surface area contributed by atoms with E-state index < -0.39 is 11.6 Å². The van der Waals surface area contributed by atoms with Crippen LogP contribution in [0.3, 0.4) is 0 Å². The highest BCUT2D eigenvalue weighted by atomic mass is 35.5. The molecular weight excluding hydrogens is 402 g/mol. The van der Waals surface area contributed by atoms with Crippen LogP contribution in [0, 0.1) is 5.92 Å². The molecule has 0 spiro atoms. The summed E-state index contributed by atoms with van der Waals surface area (Å²) in [5.74, 6) is 0.140. The summed E-state index contributed by atoms with van der Waals surface area (Å²) in [7, 11) is 1.49. The van der Waals surface area contributed by atoms with Gasteiger partial charge < -0.3 is 10.1 Å². The molecule has 148 valence electrons. The number of carbonyl (C=O) groups is 1. The van der Waals surface area contributed by atoms with Crippen molar-refractivity contribution in [1.29, 1.82) is 0 Å². The number of carbonyl (C=O) groups excluding carboxylic acids is 1. The Morgan fingerprint density at radius 2 is 2.00 bits per heavy atom. The molecule has 2 aromatic heterocycles. The van der Waals surface area contributed by atoms with Crippen molar-refractivity contribution in [3.8, 4) is 5.75 Å². The van der Waals surface area contributed by atoms with Gasteiger partial charge in [-0.3, -0.25) is 18.7 Å². The molecule has 7 nitrogen and oxygen atoms in total. The standard InChI is InChI=1S/C19H20ClN3O4S/c1-11(2)9-23-18(25)17-14(6-7-28-17)22(19(23)26)10-16(24)21-13-8-12(20)4-5-15(13)27-3/h4-8,11H,9-10H2,1-3H3,(H,21,24). The van der Waals surface area contributed by atoms with E-state index in [1.807, 2.05) is 13.8 Å². The van der Waals surface area contributed by atoms with Gasteiger partial charge in [0.1, 0.15) is 17.0 Å². The van der Waals surface area contributed by atoms with Crippen molar-refractivity contribution in [2.45, 2.75) is 26.9 Å². The number of nitrogens with zero attached hydrogens (tertiary/aromatic N) is 2. The number of anilines is 1. The van der Waals surface area contributed by atoms with Gasteiger partial charge in [-0.15, -0.1) is 11.3 Å². The van der Waals surface area contributed by atoms with Crippen LogP contribution in [0.5, 0.6) is 5.75 Å². The summed E-state index contributed by atoms with van der Waals surface area (Å²) in [5, 5.41) is 4.90. The quantitative estimate of drug-likeness (QED) is 0.662. The Morgan fingerprint density at radius 3 is 2.68 bits per heavy atom. The van der Waals surface area contributed by atoms with Gasteiger partial charge in [0.15, 0.2) is 0 Å². The summed E-state index contributed by atoms with van der Waals surface area (Å²) in [6.45, 7) is 3.90. The zero-order chi connectivity index (χ0) is 20.4. The second-order valence-corrected chi connectivity index (χ2v) is 8.06. The predicted molar refractivity (Wildman–Crippen MR) is 112 cm³/mol. The number of benzene rings is 1. The third-order valence-corrected chi connectivity index (χ3v) is 5.25. The normalized spacial score (nSPS) is 11.2. The fourth-order valence-electron chi connectivity index (χ4n) is 2.92. The van der Waals surface area contributed by atoms with Gasteiger partial charge in [-0.1, -0.05) is 25.4 Å². The lowest BCUT2D eigenvalue weighted by Gasteiger charge is -2.14. The molecule has 2 heterocycles. The molecule has 0 unspecified atom stereocenters. The number of ether oxygens (including phenoxy) is 1. The minimum atomic E-state index is -0.502. The van der Waals surface area contributed by atoms with Gasteiger partial charge in [0.05, 0.1) is 18.3 Å². The second kappa shape index (κ2) is 8.20. The molecule has 0 aliphatic carbocycles. The van der Waals surface area contributed by atoms with E-state index in [2.05, 4.69) is 5.32 Å². The van der Waals surface area contributed by atoms with Crippen molar-refractivity contribution in [1.82, 2.24) is 9.13 Å². The van der Waals surface area contributed by atoms with Crippen molar-refractivity contribution < 1.29 is 9.53 Å². The first-order chi connectivity index (χ1) is 13.3. The molecule has 28 heavy (non-hydrogen) atoms. The van der Waals surface area contributed by atoms with Crippen molar-refractivity contribution in [3.63, 3.8) is 0 Å². The van der Waals surface area contributed by atoms with Crippen LogP contribution in [0.25, 0.3) is 10.2 Å². The first kappa shape index (κ1) is 20.2. The fourth-order valence-corrected chi connectivity index (χ4v) is 3.94. The van der Waals surface area contributed by atoms with Gasteiger partial charge in [0.2, 0.25) is 5.91 Å². The van der Waals surface area contributed by atoms with Crippen molar-refractivity contribution >= 4 is 44.7 Å². The molecule has 1 aromatic carbocycles. The minimum absolute atomic E-state index is 0.112. The van der Waals surface area contributed by atoms with Crippen LogP contribution in [0.2, 0.25) is 5.02 Å².